The number of rotatable bonds is 5. The first-order valence-electron chi connectivity index (χ1n) is 7.67. The third kappa shape index (κ3) is 5.53. The minimum absolute atomic E-state index is 0. The molecular weight excluding hydrogens is 321 g/mol. The van der Waals surface area contributed by atoms with E-state index in [-0.39, 0.29) is 24.0 Å². The van der Waals surface area contributed by atoms with Crippen LogP contribution in [0.1, 0.15) is 52.0 Å². The Morgan fingerprint density at radius 1 is 1.23 bits per heavy atom. The van der Waals surface area contributed by atoms with Crippen molar-refractivity contribution in [3.05, 3.63) is 22.7 Å². The molecule has 1 saturated carbocycles. The van der Waals surface area contributed by atoms with Crippen LogP contribution in [0.3, 0.4) is 0 Å². The van der Waals surface area contributed by atoms with E-state index in [1.165, 1.54) is 12.8 Å². The number of benzene rings is 1. The van der Waals surface area contributed by atoms with Crippen LogP contribution in [-0.2, 0) is 6.54 Å². The van der Waals surface area contributed by atoms with Gasteiger partial charge in [0, 0.05) is 12.1 Å². The summed E-state index contributed by atoms with van der Waals surface area (Å²) >= 11 is 6.41. The molecule has 0 heterocycles. The first-order chi connectivity index (χ1) is 9.89. The lowest BCUT2D eigenvalue weighted by Gasteiger charge is -2.22. The van der Waals surface area contributed by atoms with Crippen LogP contribution >= 0.6 is 24.0 Å². The van der Waals surface area contributed by atoms with E-state index >= 15 is 0 Å². The van der Waals surface area contributed by atoms with Crippen LogP contribution in [0.15, 0.2) is 12.1 Å². The van der Waals surface area contributed by atoms with Gasteiger partial charge in [-0.3, -0.25) is 0 Å². The van der Waals surface area contributed by atoms with Gasteiger partial charge >= 0.3 is 0 Å². The van der Waals surface area contributed by atoms with E-state index in [4.69, 9.17) is 21.1 Å². The minimum Gasteiger partial charge on any atom is -0.493 e. The summed E-state index contributed by atoms with van der Waals surface area (Å²) in [6.07, 6.45) is 4.95. The molecule has 1 aliphatic carbocycles. The van der Waals surface area contributed by atoms with E-state index in [1.54, 1.807) is 7.11 Å². The Morgan fingerprint density at radius 3 is 2.41 bits per heavy atom. The van der Waals surface area contributed by atoms with Crippen molar-refractivity contribution in [2.24, 2.45) is 0 Å². The third-order valence-corrected chi connectivity index (χ3v) is 3.98. The zero-order valence-corrected chi connectivity index (χ0v) is 15.4. The van der Waals surface area contributed by atoms with Gasteiger partial charge in [0.25, 0.3) is 0 Å². The fourth-order valence-electron chi connectivity index (χ4n) is 2.53. The molecule has 2 rings (SSSR count). The predicted molar refractivity (Wildman–Crippen MR) is 94.7 cm³/mol. The lowest BCUT2D eigenvalue weighted by molar-refractivity contribution is 0.201. The van der Waals surface area contributed by atoms with E-state index in [1.807, 2.05) is 12.1 Å². The molecule has 0 unspecified atom stereocenters. The fourth-order valence-corrected chi connectivity index (χ4v) is 2.81. The molecule has 0 bridgehead atoms. The SMILES string of the molecule is COc1cc(CNC(C)(C)C)cc(Cl)c1OC1CCCC1.Cl. The highest BCUT2D eigenvalue weighted by atomic mass is 35.5. The maximum Gasteiger partial charge on any atom is 0.180 e. The van der Waals surface area contributed by atoms with Gasteiger partial charge in [0.05, 0.1) is 18.2 Å². The van der Waals surface area contributed by atoms with Crippen molar-refractivity contribution >= 4 is 24.0 Å². The van der Waals surface area contributed by atoms with E-state index in [9.17, 15) is 0 Å². The highest BCUT2D eigenvalue weighted by molar-refractivity contribution is 6.32. The van der Waals surface area contributed by atoms with Crippen molar-refractivity contribution in [1.82, 2.24) is 5.32 Å². The van der Waals surface area contributed by atoms with Gasteiger partial charge in [0.1, 0.15) is 0 Å². The van der Waals surface area contributed by atoms with Crippen LogP contribution < -0.4 is 14.8 Å². The fraction of sp³-hybridized carbons (Fsp3) is 0.647. The number of methoxy groups -OCH3 is 1. The van der Waals surface area contributed by atoms with E-state index < -0.39 is 0 Å². The standard InChI is InChI=1S/C17H26ClNO2.ClH/c1-17(2,3)19-11-12-9-14(18)16(15(10-12)20-4)21-13-7-5-6-8-13;/h9-10,13,19H,5-8,11H2,1-4H3;1H. The summed E-state index contributed by atoms with van der Waals surface area (Å²) in [5.41, 5.74) is 1.17. The molecule has 0 saturated heterocycles. The molecule has 126 valence electrons. The van der Waals surface area contributed by atoms with Crippen LogP contribution in [0.25, 0.3) is 0 Å². The second-order valence-corrected chi connectivity index (χ2v) is 7.14. The van der Waals surface area contributed by atoms with Gasteiger partial charge in [-0.25, -0.2) is 0 Å². The Balaban J connectivity index is 0.00000242. The predicted octanol–water partition coefficient (Wildman–Crippen LogP) is 4.98. The summed E-state index contributed by atoms with van der Waals surface area (Å²) in [5.74, 6) is 1.41. The zero-order chi connectivity index (χ0) is 15.5. The molecule has 0 aromatic heterocycles. The molecule has 5 heteroatoms. The Kier molecular flexibility index (Phi) is 7.30. The lowest BCUT2D eigenvalue weighted by atomic mass is 10.1. The molecule has 0 amide bonds. The molecule has 1 N–H and O–H groups in total. The van der Waals surface area contributed by atoms with Gasteiger partial charge in [-0.15, -0.1) is 12.4 Å². The third-order valence-electron chi connectivity index (χ3n) is 3.70. The summed E-state index contributed by atoms with van der Waals surface area (Å²) in [4.78, 5) is 0. The molecule has 0 atom stereocenters. The molecule has 1 aromatic rings. The normalized spacial score (nSPS) is 15.5. The van der Waals surface area contributed by atoms with Crippen LogP contribution in [0.5, 0.6) is 11.5 Å². The number of hydrogen-bond donors (Lipinski definition) is 1. The molecule has 0 aliphatic heterocycles. The molecular formula is C17H27Cl2NO2. The van der Waals surface area contributed by atoms with Crippen molar-refractivity contribution in [3.63, 3.8) is 0 Å². The van der Waals surface area contributed by atoms with Gasteiger partial charge in [-0.2, -0.15) is 0 Å². The molecule has 22 heavy (non-hydrogen) atoms. The molecule has 1 aliphatic rings. The van der Waals surface area contributed by atoms with Gasteiger partial charge in [0.15, 0.2) is 11.5 Å². The average molecular weight is 348 g/mol. The van der Waals surface area contributed by atoms with Crippen molar-refractivity contribution in [1.29, 1.82) is 0 Å². The van der Waals surface area contributed by atoms with Crippen molar-refractivity contribution in [3.8, 4) is 11.5 Å². The van der Waals surface area contributed by atoms with Crippen LogP contribution in [0, 0.1) is 0 Å². The van der Waals surface area contributed by atoms with Gasteiger partial charge in [0.2, 0.25) is 0 Å². The Morgan fingerprint density at radius 2 is 1.86 bits per heavy atom. The quantitative estimate of drug-likeness (QED) is 0.814. The van der Waals surface area contributed by atoms with Gasteiger partial charge in [-0.05, 0) is 64.2 Å². The Bertz CT molecular complexity index is 480. The molecule has 1 aromatic carbocycles. The summed E-state index contributed by atoms with van der Waals surface area (Å²) < 4.78 is 11.5. The van der Waals surface area contributed by atoms with E-state index in [0.29, 0.717) is 10.8 Å². The molecule has 0 radical (unpaired) electrons. The second-order valence-electron chi connectivity index (χ2n) is 6.74. The maximum absolute atomic E-state index is 6.41. The zero-order valence-electron chi connectivity index (χ0n) is 13.9. The number of nitrogens with one attached hydrogen (secondary N) is 1. The molecule has 1 fully saturated rings. The summed E-state index contributed by atoms with van der Waals surface area (Å²) in [6, 6.07) is 3.97. The highest BCUT2D eigenvalue weighted by Gasteiger charge is 2.21. The monoisotopic (exact) mass is 347 g/mol. The van der Waals surface area contributed by atoms with Crippen molar-refractivity contribution in [2.75, 3.05) is 7.11 Å². The highest BCUT2D eigenvalue weighted by Crippen LogP contribution is 2.39. The molecule has 3 nitrogen and oxygen atoms in total. The van der Waals surface area contributed by atoms with E-state index in [0.717, 1.165) is 30.7 Å². The van der Waals surface area contributed by atoms with Gasteiger partial charge in [-0.1, -0.05) is 11.6 Å². The summed E-state index contributed by atoms with van der Waals surface area (Å²) in [5, 5.41) is 4.09. The van der Waals surface area contributed by atoms with Crippen LogP contribution in [0.2, 0.25) is 5.02 Å². The topological polar surface area (TPSA) is 30.5 Å². The smallest absolute Gasteiger partial charge is 0.180 e. The second kappa shape index (κ2) is 8.28. The Labute approximate surface area is 145 Å². The number of hydrogen-bond acceptors (Lipinski definition) is 3. The maximum atomic E-state index is 6.41. The van der Waals surface area contributed by atoms with Crippen molar-refractivity contribution < 1.29 is 9.47 Å². The first-order valence-corrected chi connectivity index (χ1v) is 8.05. The lowest BCUT2D eigenvalue weighted by Crippen LogP contribution is -2.35. The van der Waals surface area contributed by atoms with Crippen molar-refractivity contribution in [2.45, 2.75) is 64.6 Å². The number of ether oxygens (including phenoxy) is 2. The molecule has 0 spiro atoms. The summed E-state index contributed by atoms with van der Waals surface area (Å²) in [6.45, 7) is 7.18. The van der Waals surface area contributed by atoms with Crippen LogP contribution in [0.4, 0.5) is 0 Å². The summed E-state index contributed by atoms with van der Waals surface area (Å²) in [7, 11) is 1.66. The first kappa shape index (κ1) is 19.4. The van der Waals surface area contributed by atoms with Gasteiger partial charge < -0.3 is 14.8 Å². The minimum atomic E-state index is 0. The van der Waals surface area contributed by atoms with E-state index in [2.05, 4.69) is 26.1 Å². The Hall–Kier alpha value is -0.640. The largest absolute Gasteiger partial charge is 0.493 e. The number of halogens is 2. The van der Waals surface area contributed by atoms with Crippen LogP contribution in [-0.4, -0.2) is 18.8 Å². The average Bonchev–Trinajstić information content (AvgIpc) is 2.91.